The zero-order valence-corrected chi connectivity index (χ0v) is 13.9. The van der Waals surface area contributed by atoms with Crippen molar-refractivity contribution >= 4 is 11.6 Å². The molecule has 4 nitrogen and oxygen atoms in total. The Kier molecular flexibility index (Phi) is 5.64. The van der Waals surface area contributed by atoms with Crippen LogP contribution in [0.2, 0.25) is 0 Å². The standard InChI is InChI=1S/C17H20F3N3O/c1-4-7-12-8-6-9-13(10-12)23(5-2)16-21-11-14(17(18,19)20)15(22-16)24-3/h6,8-11H,4-5,7H2,1-3H3. The minimum atomic E-state index is -4.55. The molecule has 0 N–H and O–H groups in total. The molecule has 130 valence electrons. The van der Waals surface area contributed by atoms with Gasteiger partial charge in [0.15, 0.2) is 0 Å². The minimum absolute atomic E-state index is 0.177. The molecule has 1 aromatic heterocycles. The Bertz CT molecular complexity index is 689. The maximum atomic E-state index is 12.9. The summed E-state index contributed by atoms with van der Waals surface area (Å²) in [6.07, 6.45) is -1.84. The highest BCUT2D eigenvalue weighted by Gasteiger charge is 2.36. The molecule has 2 aromatic rings. The predicted molar refractivity (Wildman–Crippen MR) is 86.7 cm³/mol. The number of hydrogen-bond acceptors (Lipinski definition) is 4. The number of aryl methyl sites for hydroxylation is 1. The van der Waals surface area contributed by atoms with Crippen molar-refractivity contribution in [2.75, 3.05) is 18.6 Å². The monoisotopic (exact) mass is 339 g/mol. The number of alkyl halides is 3. The molecule has 7 heteroatoms. The Balaban J connectivity index is 2.42. The molecule has 0 bridgehead atoms. The number of anilines is 2. The van der Waals surface area contributed by atoms with Crippen LogP contribution in [-0.2, 0) is 12.6 Å². The lowest BCUT2D eigenvalue weighted by Gasteiger charge is -2.22. The van der Waals surface area contributed by atoms with Gasteiger partial charge in [-0.2, -0.15) is 18.2 Å². The smallest absolute Gasteiger partial charge is 0.423 e. The van der Waals surface area contributed by atoms with Crippen LogP contribution < -0.4 is 9.64 Å². The van der Waals surface area contributed by atoms with E-state index in [9.17, 15) is 13.2 Å². The third kappa shape index (κ3) is 3.96. The maximum absolute atomic E-state index is 12.9. The number of halogens is 3. The average Bonchev–Trinajstić information content (AvgIpc) is 2.55. The Morgan fingerprint density at radius 2 is 1.96 bits per heavy atom. The lowest BCUT2D eigenvalue weighted by molar-refractivity contribution is -0.139. The number of nitrogens with zero attached hydrogens (tertiary/aromatic N) is 3. The summed E-state index contributed by atoms with van der Waals surface area (Å²) in [4.78, 5) is 9.60. The van der Waals surface area contributed by atoms with E-state index >= 15 is 0 Å². The van der Waals surface area contributed by atoms with Gasteiger partial charge in [-0.3, -0.25) is 0 Å². The van der Waals surface area contributed by atoms with Gasteiger partial charge in [-0.25, -0.2) is 4.98 Å². The SMILES string of the molecule is CCCc1cccc(N(CC)c2ncc(C(F)(F)F)c(OC)n2)c1. The summed E-state index contributed by atoms with van der Waals surface area (Å²) in [5.41, 5.74) is 1.02. The minimum Gasteiger partial charge on any atom is -0.480 e. The number of methoxy groups -OCH3 is 1. The van der Waals surface area contributed by atoms with Crippen LogP contribution in [0.15, 0.2) is 30.5 Å². The Morgan fingerprint density at radius 3 is 2.54 bits per heavy atom. The van der Waals surface area contributed by atoms with E-state index in [1.54, 1.807) is 4.90 Å². The summed E-state index contributed by atoms with van der Waals surface area (Å²) in [5.74, 6) is -0.299. The molecule has 0 aliphatic carbocycles. The summed E-state index contributed by atoms with van der Waals surface area (Å²) in [6, 6.07) is 7.83. The second-order valence-electron chi connectivity index (χ2n) is 5.25. The molecule has 0 saturated carbocycles. The van der Waals surface area contributed by atoms with Crippen LogP contribution in [-0.4, -0.2) is 23.6 Å². The number of rotatable bonds is 6. The van der Waals surface area contributed by atoms with Crippen LogP contribution in [0.1, 0.15) is 31.4 Å². The van der Waals surface area contributed by atoms with E-state index in [1.807, 2.05) is 31.2 Å². The molecule has 2 rings (SSSR count). The van der Waals surface area contributed by atoms with Crippen LogP contribution in [0.4, 0.5) is 24.8 Å². The molecule has 0 amide bonds. The summed E-state index contributed by atoms with van der Waals surface area (Å²) >= 11 is 0. The molecule has 24 heavy (non-hydrogen) atoms. The summed E-state index contributed by atoms with van der Waals surface area (Å²) in [6.45, 7) is 4.50. The van der Waals surface area contributed by atoms with Gasteiger partial charge in [-0.15, -0.1) is 0 Å². The lowest BCUT2D eigenvalue weighted by atomic mass is 10.1. The van der Waals surface area contributed by atoms with Gasteiger partial charge in [-0.1, -0.05) is 25.5 Å². The summed E-state index contributed by atoms with van der Waals surface area (Å²) in [5, 5.41) is 0. The van der Waals surface area contributed by atoms with E-state index in [0.29, 0.717) is 6.54 Å². The first kappa shape index (κ1) is 18.0. The van der Waals surface area contributed by atoms with Crippen molar-refractivity contribution in [1.82, 2.24) is 9.97 Å². The van der Waals surface area contributed by atoms with Crippen molar-refractivity contribution in [1.29, 1.82) is 0 Å². The highest BCUT2D eigenvalue weighted by atomic mass is 19.4. The van der Waals surface area contributed by atoms with E-state index in [0.717, 1.165) is 30.3 Å². The van der Waals surface area contributed by atoms with E-state index in [2.05, 4.69) is 16.9 Å². The summed E-state index contributed by atoms with van der Waals surface area (Å²) in [7, 11) is 1.17. The largest absolute Gasteiger partial charge is 0.480 e. The third-order valence-electron chi connectivity index (χ3n) is 3.56. The van der Waals surface area contributed by atoms with Crippen LogP contribution in [0.3, 0.4) is 0 Å². The van der Waals surface area contributed by atoms with Crippen molar-refractivity contribution < 1.29 is 17.9 Å². The molecule has 0 atom stereocenters. The fourth-order valence-corrected chi connectivity index (χ4v) is 2.45. The van der Waals surface area contributed by atoms with Gasteiger partial charge in [0.25, 0.3) is 0 Å². The predicted octanol–water partition coefficient (Wildman–Crippen LogP) is 4.61. The zero-order valence-electron chi connectivity index (χ0n) is 13.9. The van der Waals surface area contributed by atoms with Crippen molar-refractivity contribution in [3.8, 4) is 5.88 Å². The van der Waals surface area contributed by atoms with E-state index in [4.69, 9.17) is 4.74 Å². The Labute approximate surface area is 139 Å². The quantitative estimate of drug-likeness (QED) is 0.770. The van der Waals surface area contributed by atoms with Gasteiger partial charge in [0.2, 0.25) is 11.8 Å². The highest BCUT2D eigenvalue weighted by Crippen LogP contribution is 2.36. The van der Waals surface area contributed by atoms with Gasteiger partial charge in [0, 0.05) is 18.4 Å². The molecule has 0 radical (unpaired) electrons. The molecule has 0 aliphatic rings. The van der Waals surface area contributed by atoms with Crippen LogP contribution >= 0.6 is 0 Å². The first-order chi connectivity index (χ1) is 11.4. The molecular weight excluding hydrogens is 319 g/mol. The molecule has 0 saturated heterocycles. The maximum Gasteiger partial charge on any atom is 0.423 e. The van der Waals surface area contributed by atoms with E-state index in [1.165, 1.54) is 7.11 Å². The lowest BCUT2D eigenvalue weighted by Crippen LogP contribution is -2.20. The van der Waals surface area contributed by atoms with Gasteiger partial charge in [-0.05, 0) is 31.0 Å². The third-order valence-corrected chi connectivity index (χ3v) is 3.56. The van der Waals surface area contributed by atoms with Crippen molar-refractivity contribution in [2.24, 2.45) is 0 Å². The van der Waals surface area contributed by atoms with Gasteiger partial charge in [0.1, 0.15) is 5.56 Å². The average molecular weight is 339 g/mol. The second-order valence-corrected chi connectivity index (χ2v) is 5.25. The summed E-state index contributed by atoms with van der Waals surface area (Å²) < 4.78 is 43.6. The van der Waals surface area contributed by atoms with Crippen molar-refractivity contribution in [3.05, 3.63) is 41.6 Å². The second kappa shape index (κ2) is 7.51. The van der Waals surface area contributed by atoms with Crippen LogP contribution in [0.25, 0.3) is 0 Å². The molecular formula is C17H20F3N3O. The molecule has 1 aromatic carbocycles. The fraction of sp³-hybridized carbons (Fsp3) is 0.412. The van der Waals surface area contributed by atoms with Crippen molar-refractivity contribution in [3.63, 3.8) is 0 Å². The normalized spacial score (nSPS) is 11.4. The topological polar surface area (TPSA) is 38.2 Å². The molecule has 0 spiro atoms. The Hall–Kier alpha value is -2.31. The number of aromatic nitrogens is 2. The van der Waals surface area contributed by atoms with Gasteiger partial charge < -0.3 is 9.64 Å². The number of benzene rings is 1. The Morgan fingerprint density at radius 1 is 1.21 bits per heavy atom. The van der Waals surface area contributed by atoms with Crippen LogP contribution in [0, 0.1) is 0 Å². The van der Waals surface area contributed by atoms with Crippen molar-refractivity contribution in [2.45, 2.75) is 32.9 Å². The van der Waals surface area contributed by atoms with E-state index in [-0.39, 0.29) is 5.95 Å². The molecule has 0 aliphatic heterocycles. The first-order valence-corrected chi connectivity index (χ1v) is 7.75. The molecule has 1 heterocycles. The highest BCUT2D eigenvalue weighted by molar-refractivity contribution is 5.58. The number of ether oxygens (including phenoxy) is 1. The van der Waals surface area contributed by atoms with E-state index < -0.39 is 17.6 Å². The van der Waals surface area contributed by atoms with Gasteiger partial charge in [0.05, 0.1) is 7.11 Å². The van der Waals surface area contributed by atoms with Gasteiger partial charge >= 0.3 is 6.18 Å². The molecule has 0 fully saturated rings. The fourth-order valence-electron chi connectivity index (χ4n) is 2.45. The first-order valence-electron chi connectivity index (χ1n) is 7.75. The number of hydrogen-bond donors (Lipinski definition) is 0. The molecule has 0 unspecified atom stereocenters. The zero-order chi connectivity index (χ0) is 17.7. The van der Waals surface area contributed by atoms with Crippen LogP contribution in [0.5, 0.6) is 5.88 Å².